The first-order chi connectivity index (χ1) is 18.5. The van der Waals surface area contributed by atoms with Gasteiger partial charge in [-0.2, -0.15) is 0 Å². The Morgan fingerprint density at radius 1 is 0.895 bits per heavy atom. The molecule has 0 aliphatic heterocycles. The van der Waals surface area contributed by atoms with Crippen LogP contribution in [0.4, 0.5) is 0 Å². The molecule has 0 bridgehead atoms. The second-order valence-electron chi connectivity index (χ2n) is 10.0. The summed E-state index contributed by atoms with van der Waals surface area (Å²) < 4.78 is 1.91. The highest BCUT2D eigenvalue weighted by atomic mass is 16.1. The Bertz CT molecular complexity index is 1560. The van der Waals surface area contributed by atoms with Crippen molar-refractivity contribution in [2.24, 2.45) is 0 Å². The summed E-state index contributed by atoms with van der Waals surface area (Å²) >= 11 is 0. The van der Waals surface area contributed by atoms with Crippen molar-refractivity contribution in [1.29, 1.82) is 0 Å². The van der Waals surface area contributed by atoms with Crippen LogP contribution in [-0.4, -0.2) is 30.1 Å². The third kappa shape index (κ3) is 5.89. The third-order valence-electron chi connectivity index (χ3n) is 7.10. The number of aromatic nitrogens is 5. The number of nitrogens with zero attached hydrogens (tertiary/aromatic N) is 5. The van der Waals surface area contributed by atoms with Gasteiger partial charge in [-0.3, -0.25) is 9.69 Å². The van der Waals surface area contributed by atoms with E-state index in [1.807, 2.05) is 29.8 Å². The molecule has 0 aliphatic carbocycles. The summed E-state index contributed by atoms with van der Waals surface area (Å²) in [5.41, 5.74) is 6.31. The molecule has 0 radical (unpaired) electrons. The minimum absolute atomic E-state index is 0.0597. The third-order valence-corrected chi connectivity index (χ3v) is 7.10. The fourth-order valence-corrected chi connectivity index (χ4v) is 4.99. The van der Waals surface area contributed by atoms with Gasteiger partial charge < -0.3 is 4.98 Å². The molecule has 0 aliphatic rings. The van der Waals surface area contributed by atoms with Gasteiger partial charge in [0.1, 0.15) is 0 Å². The molecule has 2 heterocycles. The van der Waals surface area contributed by atoms with Crippen molar-refractivity contribution in [1.82, 2.24) is 30.1 Å². The Labute approximate surface area is 223 Å². The Morgan fingerprint density at radius 2 is 1.66 bits per heavy atom. The normalized spacial score (nSPS) is 12.3. The zero-order chi connectivity index (χ0) is 26.5. The van der Waals surface area contributed by atoms with E-state index in [1.165, 1.54) is 16.7 Å². The fraction of sp³-hybridized carbons (Fsp3) is 0.290. The van der Waals surface area contributed by atoms with Gasteiger partial charge in [-0.15, -0.1) is 5.10 Å². The number of tetrazole rings is 1. The van der Waals surface area contributed by atoms with E-state index in [0.29, 0.717) is 19.6 Å². The molecule has 1 unspecified atom stereocenters. The van der Waals surface area contributed by atoms with Crippen molar-refractivity contribution in [2.75, 3.05) is 0 Å². The van der Waals surface area contributed by atoms with Gasteiger partial charge in [-0.1, -0.05) is 79.2 Å². The molecule has 194 valence electrons. The van der Waals surface area contributed by atoms with Gasteiger partial charge in [0.05, 0.1) is 6.04 Å². The van der Waals surface area contributed by atoms with E-state index in [0.717, 1.165) is 40.7 Å². The first kappa shape index (κ1) is 25.5. The molecular weight excluding hydrogens is 472 g/mol. The van der Waals surface area contributed by atoms with Crippen LogP contribution in [-0.2, 0) is 26.1 Å². The first-order valence-electron chi connectivity index (χ1n) is 13.2. The molecule has 1 atom stereocenters. The summed E-state index contributed by atoms with van der Waals surface area (Å²) in [5, 5.41) is 13.9. The van der Waals surface area contributed by atoms with Crippen LogP contribution >= 0.6 is 0 Å². The molecule has 0 spiro atoms. The van der Waals surface area contributed by atoms with Gasteiger partial charge in [0.15, 0.2) is 5.82 Å². The molecule has 0 fully saturated rings. The maximum atomic E-state index is 13.2. The molecule has 7 heteroatoms. The summed E-state index contributed by atoms with van der Waals surface area (Å²) in [6, 6.07) is 27.0. The predicted octanol–water partition coefficient (Wildman–Crippen LogP) is 5.53. The summed E-state index contributed by atoms with van der Waals surface area (Å²) in [6.07, 6.45) is 1.65. The molecule has 0 amide bonds. The molecule has 0 saturated heterocycles. The molecule has 0 saturated carbocycles. The topological polar surface area (TPSA) is 79.7 Å². The van der Waals surface area contributed by atoms with Gasteiger partial charge in [0, 0.05) is 30.7 Å². The predicted molar refractivity (Wildman–Crippen MR) is 151 cm³/mol. The van der Waals surface area contributed by atoms with E-state index in [-0.39, 0.29) is 11.6 Å². The van der Waals surface area contributed by atoms with E-state index in [1.54, 1.807) is 0 Å². The Hall–Kier alpha value is -4.10. The molecular formula is C31H34N6O. The van der Waals surface area contributed by atoms with Crippen LogP contribution in [0.3, 0.4) is 0 Å². The van der Waals surface area contributed by atoms with E-state index < -0.39 is 0 Å². The lowest BCUT2D eigenvalue weighted by molar-refractivity contribution is 0.160. The Morgan fingerprint density at radius 3 is 2.42 bits per heavy atom. The lowest BCUT2D eigenvalue weighted by Gasteiger charge is -2.30. The van der Waals surface area contributed by atoms with Crippen LogP contribution in [0.5, 0.6) is 0 Å². The van der Waals surface area contributed by atoms with Gasteiger partial charge in [-0.25, -0.2) is 4.68 Å². The minimum atomic E-state index is -0.0600. The maximum Gasteiger partial charge on any atom is 0.252 e. The fourth-order valence-electron chi connectivity index (χ4n) is 4.99. The smallest absolute Gasteiger partial charge is 0.252 e. The van der Waals surface area contributed by atoms with Crippen molar-refractivity contribution >= 4 is 10.9 Å². The number of rotatable bonds is 10. The second-order valence-corrected chi connectivity index (χ2v) is 10.0. The highest BCUT2D eigenvalue weighted by Gasteiger charge is 2.26. The standard InChI is InChI=1S/C31H34N6O/c1-4-29(30-33-34-35-37(30)17-16-24-8-6-5-7-9-24)36(20-25-13-10-22(2)11-14-25)21-27-19-26-15-12-23(3)18-28(26)32-31(27)38/h5-15,18-19,29H,4,16-17,20-21H2,1-3H3,(H,32,38). The Balaban J connectivity index is 1.47. The van der Waals surface area contributed by atoms with Crippen LogP contribution in [0.1, 0.15) is 53.0 Å². The summed E-state index contributed by atoms with van der Waals surface area (Å²) in [5.74, 6) is 0.823. The average Bonchev–Trinajstić information content (AvgIpc) is 3.38. The van der Waals surface area contributed by atoms with Crippen LogP contribution in [0.15, 0.2) is 83.7 Å². The van der Waals surface area contributed by atoms with Gasteiger partial charge in [-0.05, 0) is 71.3 Å². The SMILES string of the molecule is CCC(c1nnnn1CCc1ccccc1)N(Cc1ccc(C)cc1)Cc1cc2ccc(C)cc2[nH]c1=O. The van der Waals surface area contributed by atoms with Crippen molar-refractivity contribution < 1.29 is 0 Å². The lowest BCUT2D eigenvalue weighted by Crippen LogP contribution is -2.32. The lowest BCUT2D eigenvalue weighted by atomic mass is 10.1. The molecule has 7 nitrogen and oxygen atoms in total. The maximum absolute atomic E-state index is 13.2. The quantitative estimate of drug-likeness (QED) is 0.270. The number of aromatic amines is 1. The highest BCUT2D eigenvalue weighted by Crippen LogP contribution is 2.27. The summed E-state index contributed by atoms with van der Waals surface area (Å²) in [6.45, 7) is 8.12. The summed E-state index contributed by atoms with van der Waals surface area (Å²) in [4.78, 5) is 18.6. The zero-order valence-electron chi connectivity index (χ0n) is 22.3. The number of fused-ring (bicyclic) bond motifs is 1. The molecule has 2 aromatic heterocycles. The van der Waals surface area contributed by atoms with Crippen LogP contribution < -0.4 is 5.56 Å². The van der Waals surface area contributed by atoms with Gasteiger partial charge in [0.2, 0.25) is 0 Å². The van der Waals surface area contributed by atoms with E-state index in [4.69, 9.17) is 0 Å². The van der Waals surface area contributed by atoms with Crippen molar-refractivity contribution in [3.05, 3.63) is 123 Å². The number of nitrogens with one attached hydrogen (secondary N) is 1. The first-order valence-corrected chi connectivity index (χ1v) is 13.2. The zero-order valence-corrected chi connectivity index (χ0v) is 22.3. The Kier molecular flexibility index (Phi) is 7.75. The van der Waals surface area contributed by atoms with Crippen LogP contribution in [0, 0.1) is 13.8 Å². The number of benzene rings is 3. The number of pyridine rings is 1. The van der Waals surface area contributed by atoms with Crippen molar-refractivity contribution in [3.63, 3.8) is 0 Å². The number of hydrogen-bond donors (Lipinski definition) is 1. The minimum Gasteiger partial charge on any atom is -0.322 e. The van der Waals surface area contributed by atoms with E-state index >= 15 is 0 Å². The molecule has 5 aromatic rings. The number of H-pyrrole nitrogens is 1. The highest BCUT2D eigenvalue weighted by molar-refractivity contribution is 5.79. The number of hydrogen-bond acceptors (Lipinski definition) is 5. The molecule has 3 aromatic carbocycles. The van der Waals surface area contributed by atoms with Gasteiger partial charge >= 0.3 is 0 Å². The average molecular weight is 507 g/mol. The van der Waals surface area contributed by atoms with Crippen LogP contribution in [0.25, 0.3) is 10.9 Å². The molecule has 38 heavy (non-hydrogen) atoms. The van der Waals surface area contributed by atoms with Crippen molar-refractivity contribution in [3.8, 4) is 0 Å². The largest absolute Gasteiger partial charge is 0.322 e. The second kappa shape index (κ2) is 11.5. The van der Waals surface area contributed by atoms with Gasteiger partial charge in [0.25, 0.3) is 5.56 Å². The van der Waals surface area contributed by atoms with E-state index in [9.17, 15) is 4.79 Å². The molecule has 5 rings (SSSR count). The molecule has 1 N–H and O–H groups in total. The monoisotopic (exact) mass is 506 g/mol. The van der Waals surface area contributed by atoms with Crippen LogP contribution in [0.2, 0.25) is 0 Å². The van der Waals surface area contributed by atoms with Crippen molar-refractivity contribution in [2.45, 2.75) is 59.3 Å². The van der Waals surface area contributed by atoms with E-state index in [2.05, 4.69) is 99.9 Å². The number of aryl methyl sites for hydroxylation is 4. The summed E-state index contributed by atoms with van der Waals surface area (Å²) in [7, 11) is 0.